The lowest BCUT2D eigenvalue weighted by molar-refractivity contribution is -0.149. The molecule has 1 aliphatic rings. The van der Waals surface area contributed by atoms with Crippen LogP contribution in [0.15, 0.2) is 42.5 Å². The molecular weight excluding hydrogens is 322 g/mol. The fourth-order valence-corrected chi connectivity index (χ4v) is 2.82. The molecule has 0 unspecified atom stereocenters. The Kier molecular flexibility index (Phi) is 6.74. The Balaban J connectivity index is 2.12. The van der Waals surface area contributed by atoms with Crippen molar-refractivity contribution in [2.24, 2.45) is 0 Å². The van der Waals surface area contributed by atoms with E-state index in [1.807, 2.05) is 36.4 Å². The zero-order valence-corrected chi connectivity index (χ0v) is 14.5. The monoisotopic (exact) mass is 345 g/mol. The highest BCUT2D eigenvalue weighted by molar-refractivity contribution is 5.94. The molecule has 0 aliphatic heterocycles. The minimum atomic E-state index is -0.555. The predicted molar refractivity (Wildman–Crippen MR) is 91.3 cm³/mol. The number of carbonyl (C=O) groups excluding carboxylic acids is 3. The number of benzene rings is 1. The number of rotatable bonds is 6. The maximum absolute atomic E-state index is 12.6. The molecule has 0 saturated heterocycles. The van der Waals surface area contributed by atoms with Crippen molar-refractivity contribution in [1.82, 2.24) is 4.90 Å². The van der Waals surface area contributed by atoms with Crippen molar-refractivity contribution >= 4 is 17.8 Å². The first-order chi connectivity index (χ1) is 12.0. The second kappa shape index (κ2) is 9.01. The highest BCUT2D eigenvalue weighted by atomic mass is 16.5. The van der Waals surface area contributed by atoms with Gasteiger partial charge in [-0.1, -0.05) is 36.4 Å². The van der Waals surface area contributed by atoms with Crippen molar-refractivity contribution in [2.45, 2.75) is 44.9 Å². The topological polar surface area (TPSA) is 72.9 Å². The molecule has 1 aromatic rings. The zero-order chi connectivity index (χ0) is 18.2. The van der Waals surface area contributed by atoms with Gasteiger partial charge in [0, 0.05) is 13.5 Å². The SMILES string of the molecule is COC(=O)CC(=O)N(Cc1ccccc1)[C@@H]1C=C[C@@H](OC(C)=O)CC1. The van der Waals surface area contributed by atoms with E-state index in [9.17, 15) is 14.4 Å². The van der Waals surface area contributed by atoms with Crippen LogP contribution in [0, 0.1) is 0 Å². The van der Waals surface area contributed by atoms with Gasteiger partial charge in [-0.3, -0.25) is 14.4 Å². The molecule has 1 aromatic carbocycles. The van der Waals surface area contributed by atoms with Crippen LogP contribution in [0.2, 0.25) is 0 Å². The summed E-state index contributed by atoms with van der Waals surface area (Å²) in [5, 5.41) is 0. The molecule has 0 heterocycles. The van der Waals surface area contributed by atoms with Crippen LogP contribution in [0.1, 0.15) is 31.7 Å². The van der Waals surface area contributed by atoms with Crippen molar-refractivity contribution in [2.75, 3.05) is 7.11 Å². The number of hydrogen-bond donors (Lipinski definition) is 0. The Morgan fingerprint density at radius 3 is 2.40 bits per heavy atom. The van der Waals surface area contributed by atoms with Gasteiger partial charge in [0.15, 0.2) is 0 Å². The fourth-order valence-electron chi connectivity index (χ4n) is 2.82. The van der Waals surface area contributed by atoms with Crippen LogP contribution in [0.5, 0.6) is 0 Å². The second-order valence-corrected chi connectivity index (χ2v) is 5.94. The van der Waals surface area contributed by atoms with E-state index in [0.29, 0.717) is 19.4 Å². The third-order valence-corrected chi connectivity index (χ3v) is 4.05. The average molecular weight is 345 g/mol. The highest BCUT2D eigenvalue weighted by Crippen LogP contribution is 2.22. The normalized spacial score (nSPS) is 19.1. The number of hydrogen-bond acceptors (Lipinski definition) is 5. The molecule has 0 bridgehead atoms. The Labute approximate surface area is 147 Å². The number of methoxy groups -OCH3 is 1. The molecule has 1 aliphatic carbocycles. The summed E-state index contributed by atoms with van der Waals surface area (Å²) in [7, 11) is 1.27. The van der Waals surface area contributed by atoms with E-state index in [4.69, 9.17) is 4.74 Å². The van der Waals surface area contributed by atoms with Gasteiger partial charge in [0.05, 0.1) is 13.2 Å². The molecule has 6 heteroatoms. The number of amides is 1. The number of esters is 2. The van der Waals surface area contributed by atoms with Crippen molar-refractivity contribution in [3.8, 4) is 0 Å². The van der Waals surface area contributed by atoms with Crippen LogP contribution in [-0.4, -0.2) is 42.0 Å². The summed E-state index contributed by atoms with van der Waals surface area (Å²) in [6.45, 7) is 1.78. The molecule has 134 valence electrons. The van der Waals surface area contributed by atoms with Crippen molar-refractivity contribution < 1.29 is 23.9 Å². The van der Waals surface area contributed by atoms with Gasteiger partial charge in [-0.15, -0.1) is 0 Å². The number of ether oxygens (including phenoxy) is 2. The van der Waals surface area contributed by atoms with Crippen molar-refractivity contribution in [3.63, 3.8) is 0 Å². The Bertz CT molecular complexity index is 640. The smallest absolute Gasteiger partial charge is 0.315 e. The molecule has 0 radical (unpaired) electrons. The zero-order valence-electron chi connectivity index (χ0n) is 14.5. The predicted octanol–water partition coefficient (Wildman–Crippen LogP) is 2.23. The minimum absolute atomic E-state index is 0.149. The molecule has 0 spiro atoms. The molecular formula is C19H23NO5. The molecule has 1 amide bonds. The first-order valence-corrected chi connectivity index (χ1v) is 8.25. The maximum Gasteiger partial charge on any atom is 0.315 e. The summed E-state index contributed by atoms with van der Waals surface area (Å²) in [6, 6.07) is 9.45. The molecule has 0 aromatic heterocycles. The van der Waals surface area contributed by atoms with E-state index in [1.54, 1.807) is 11.0 Å². The lowest BCUT2D eigenvalue weighted by Gasteiger charge is -2.33. The van der Waals surface area contributed by atoms with Crippen LogP contribution in [0.25, 0.3) is 0 Å². The summed E-state index contributed by atoms with van der Waals surface area (Å²) in [5.41, 5.74) is 0.983. The Hall–Kier alpha value is -2.63. The summed E-state index contributed by atoms with van der Waals surface area (Å²) in [4.78, 5) is 36.8. The Morgan fingerprint density at radius 2 is 1.84 bits per heavy atom. The average Bonchev–Trinajstić information content (AvgIpc) is 2.60. The van der Waals surface area contributed by atoms with Crippen LogP contribution in [-0.2, 0) is 30.4 Å². The number of nitrogens with zero attached hydrogens (tertiary/aromatic N) is 1. The van der Waals surface area contributed by atoms with Gasteiger partial charge in [-0.25, -0.2) is 0 Å². The second-order valence-electron chi connectivity index (χ2n) is 5.94. The summed E-state index contributed by atoms with van der Waals surface area (Å²) >= 11 is 0. The molecule has 0 N–H and O–H groups in total. The van der Waals surface area contributed by atoms with E-state index in [0.717, 1.165) is 5.56 Å². The van der Waals surface area contributed by atoms with Gasteiger partial charge < -0.3 is 14.4 Å². The quantitative estimate of drug-likeness (QED) is 0.449. The first-order valence-electron chi connectivity index (χ1n) is 8.25. The van der Waals surface area contributed by atoms with E-state index in [2.05, 4.69) is 4.74 Å². The number of carbonyl (C=O) groups is 3. The first kappa shape index (κ1) is 18.7. The molecule has 2 atom stereocenters. The maximum atomic E-state index is 12.6. The lowest BCUT2D eigenvalue weighted by atomic mass is 9.98. The van der Waals surface area contributed by atoms with Gasteiger partial charge in [-0.2, -0.15) is 0 Å². The van der Waals surface area contributed by atoms with Gasteiger partial charge in [-0.05, 0) is 24.5 Å². The van der Waals surface area contributed by atoms with Crippen LogP contribution in [0.4, 0.5) is 0 Å². The van der Waals surface area contributed by atoms with E-state index in [1.165, 1.54) is 14.0 Å². The molecule has 0 saturated carbocycles. The van der Waals surface area contributed by atoms with Crippen LogP contribution >= 0.6 is 0 Å². The van der Waals surface area contributed by atoms with Crippen molar-refractivity contribution in [1.29, 1.82) is 0 Å². The lowest BCUT2D eigenvalue weighted by Crippen LogP contribution is -2.41. The minimum Gasteiger partial charge on any atom is -0.469 e. The standard InChI is InChI=1S/C19H23NO5/c1-14(21)25-17-10-8-16(9-11-17)20(18(22)12-19(23)24-2)13-15-6-4-3-5-7-15/h3-8,10,16-17H,9,11-13H2,1-2H3/t16-,17-/m1/s1. The molecule has 0 fully saturated rings. The van der Waals surface area contributed by atoms with Gasteiger partial charge in [0.2, 0.25) is 5.91 Å². The van der Waals surface area contributed by atoms with Gasteiger partial charge in [0.1, 0.15) is 12.5 Å². The van der Waals surface area contributed by atoms with Crippen LogP contribution in [0.3, 0.4) is 0 Å². The van der Waals surface area contributed by atoms with Gasteiger partial charge >= 0.3 is 11.9 Å². The third kappa shape index (κ3) is 5.74. The largest absolute Gasteiger partial charge is 0.469 e. The molecule has 25 heavy (non-hydrogen) atoms. The summed E-state index contributed by atoms with van der Waals surface area (Å²) < 4.78 is 9.78. The highest BCUT2D eigenvalue weighted by Gasteiger charge is 2.27. The molecule has 6 nitrogen and oxygen atoms in total. The summed E-state index contributed by atoms with van der Waals surface area (Å²) in [6.07, 6.45) is 4.42. The Morgan fingerprint density at radius 1 is 1.12 bits per heavy atom. The van der Waals surface area contributed by atoms with E-state index < -0.39 is 5.97 Å². The fraction of sp³-hybridized carbons (Fsp3) is 0.421. The van der Waals surface area contributed by atoms with E-state index >= 15 is 0 Å². The summed E-state index contributed by atoms with van der Waals surface area (Å²) in [5.74, 6) is -1.16. The van der Waals surface area contributed by atoms with E-state index in [-0.39, 0.29) is 30.4 Å². The molecule has 2 rings (SSSR count). The third-order valence-electron chi connectivity index (χ3n) is 4.05. The van der Waals surface area contributed by atoms with Crippen LogP contribution < -0.4 is 0 Å². The van der Waals surface area contributed by atoms with Gasteiger partial charge in [0.25, 0.3) is 0 Å². The van der Waals surface area contributed by atoms with Crippen molar-refractivity contribution in [3.05, 3.63) is 48.0 Å².